The highest BCUT2D eigenvalue weighted by Crippen LogP contribution is 2.37. The Morgan fingerprint density at radius 3 is 2.44 bits per heavy atom. The summed E-state index contributed by atoms with van der Waals surface area (Å²) in [5.41, 5.74) is 1.91. The van der Waals surface area contributed by atoms with Crippen LogP contribution in [0.2, 0.25) is 0 Å². The van der Waals surface area contributed by atoms with Gasteiger partial charge in [0, 0.05) is 63.5 Å². The number of methoxy groups -OCH3 is 1. The standard InChI is InChI=1S/C34H50N8O3/c1-6-28-33(44)39(4)29-20-35-34(38-31(29)42(28)22(2)3)37-27-14-9-24(19-30(27)45-5)32(43)36-25-10-12-26(13-11-25)41-17-15-40(16-18-41)21-23-7-8-23/h9,14,19-20,22-23,25-26,28H,6-8,10-13,15-18,21H2,1-5H3,(H,36,43)(H,35,37,38)/t25?,26?,28-/m0/s1. The minimum atomic E-state index is -0.278. The van der Waals surface area contributed by atoms with Crippen molar-refractivity contribution in [3.8, 4) is 5.75 Å². The van der Waals surface area contributed by atoms with Crippen LogP contribution in [-0.2, 0) is 4.79 Å². The van der Waals surface area contributed by atoms with E-state index in [1.54, 1.807) is 31.3 Å². The van der Waals surface area contributed by atoms with Gasteiger partial charge < -0.3 is 30.1 Å². The van der Waals surface area contributed by atoms with Crippen LogP contribution in [0.15, 0.2) is 24.4 Å². The quantitative estimate of drug-likeness (QED) is 0.404. The summed E-state index contributed by atoms with van der Waals surface area (Å²) in [6, 6.07) is 6.05. The molecule has 0 radical (unpaired) electrons. The lowest BCUT2D eigenvalue weighted by atomic mass is 9.89. The zero-order valence-electron chi connectivity index (χ0n) is 27.6. The second-order valence-corrected chi connectivity index (χ2v) is 13.5. The van der Waals surface area contributed by atoms with E-state index in [-0.39, 0.29) is 29.9 Å². The third-order valence-corrected chi connectivity index (χ3v) is 10.1. The molecule has 2 N–H and O–H groups in total. The van der Waals surface area contributed by atoms with Crippen LogP contribution in [0, 0.1) is 5.92 Å². The Morgan fingerprint density at radius 1 is 1.07 bits per heavy atom. The molecule has 2 aromatic rings. The van der Waals surface area contributed by atoms with Crippen molar-refractivity contribution in [2.75, 3.05) is 62.0 Å². The summed E-state index contributed by atoms with van der Waals surface area (Å²) in [5.74, 6) is 2.59. The molecule has 4 aliphatic rings. The first-order valence-corrected chi connectivity index (χ1v) is 16.9. The Kier molecular flexibility index (Phi) is 9.46. The van der Waals surface area contributed by atoms with E-state index < -0.39 is 0 Å². The molecule has 0 spiro atoms. The summed E-state index contributed by atoms with van der Waals surface area (Å²) >= 11 is 0. The predicted octanol–water partition coefficient (Wildman–Crippen LogP) is 4.27. The van der Waals surface area contributed by atoms with Crippen molar-refractivity contribution < 1.29 is 14.3 Å². The molecule has 6 rings (SSSR count). The zero-order valence-corrected chi connectivity index (χ0v) is 27.6. The predicted molar refractivity (Wildman–Crippen MR) is 178 cm³/mol. The molecule has 2 saturated carbocycles. The fourth-order valence-corrected chi connectivity index (χ4v) is 7.32. The molecule has 0 bridgehead atoms. The number of hydrogen-bond donors (Lipinski definition) is 2. The maximum Gasteiger partial charge on any atom is 0.251 e. The summed E-state index contributed by atoms with van der Waals surface area (Å²) in [7, 11) is 3.36. The molecule has 2 amide bonds. The number of benzene rings is 1. The van der Waals surface area contributed by atoms with E-state index in [9.17, 15) is 9.59 Å². The number of piperazine rings is 1. The molecule has 3 heterocycles. The number of anilines is 4. The number of likely N-dealkylation sites (N-methyl/N-ethyl adjacent to an activating group) is 1. The van der Waals surface area contributed by atoms with Crippen molar-refractivity contribution in [3.05, 3.63) is 30.0 Å². The first-order valence-electron chi connectivity index (χ1n) is 16.9. The highest BCUT2D eigenvalue weighted by molar-refractivity contribution is 6.04. The average Bonchev–Trinajstić information content (AvgIpc) is 3.87. The van der Waals surface area contributed by atoms with Gasteiger partial charge in [0.05, 0.1) is 19.0 Å². The van der Waals surface area contributed by atoms with Crippen LogP contribution in [0.25, 0.3) is 0 Å². The van der Waals surface area contributed by atoms with E-state index in [0.29, 0.717) is 41.1 Å². The second kappa shape index (κ2) is 13.5. The number of aromatic nitrogens is 2. The van der Waals surface area contributed by atoms with Gasteiger partial charge in [-0.3, -0.25) is 14.5 Å². The number of nitrogens with zero attached hydrogens (tertiary/aromatic N) is 6. The van der Waals surface area contributed by atoms with E-state index in [1.807, 2.05) is 19.1 Å². The number of nitrogens with one attached hydrogen (secondary N) is 2. The van der Waals surface area contributed by atoms with Gasteiger partial charge in [-0.05, 0) is 82.9 Å². The van der Waals surface area contributed by atoms with Gasteiger partial charge in [-0.2, -0.15) is 4.98 Å². The molecule has 3 fully saturated rings. The number of ether oxygens (including phenoxy) is 1. The van der Waals surface area contributed by atoms with E-state index in [2.05, 4.69) is 44.2 Å². The highest BCUT2D eigenvalue weighted by Gasteiger charge is 2.38. The van der Waals surface area contributed by atoms with Crippen molar-refractivity contribution in [1.82, 2.24) is 25.1 Å². The monoisotopic (exact) mass is 618 g/mol. The third-order valence-electron chi connectivity index (χ3n) is 10.1. The second-order valence-electron chi connectivity index (χ2n) is 13.5. The molecule has 244 valence electrons. The minimum absolute atomic E-state index is 0.0454. The van der Waals surface area contributed by atoms with Crippen molar-refractivity contribution in [2.24, 2.45) is 5.92 Å². The highest BCUT2D eigenvalue weighted by atomic mass is 16.5. The van der Waals surface area contributed by atoms with Crippen molar-refractivity contribution >= 4 is 35.0 Å². The van der Waals surface area contributed by atoms with E-state index in [0.717, 1.165) is 37.4 Å². The van der Waals surface area contributed by atoms with Crippen LogP contribution >= 0.6 is 0 Å². The van der Waals surface area contributed by atoms with E-state index in [1.165, 1.54) is 45.6 Å². The third kappa shape index (κ3) is 6.89. The number of amides is 2. The van der Waals surface area contributed by atoms with Crippen LogP contribution in [0.3, 0.4) is 0 Å². The number of carbonyl (C=O) groups excluding carboxylic acids is 2. The molecule has 2 aliphatic heterocycles. The summed E-state index contributed by atoms with van der Waals surface area (Å²) in [6.45, 7) is 12.2. The number of fused-ring (bicyclic) bond motifs is 1. The molecule has 11 heteroatoms. The molecule has 0 unspecified atom stereocenters. The summed E-state index contributed by atoms with van der Waals surface area (Å²) in [4.78, 5) is 44.6. The molecule has 11 nitrogen and oxygen atoms in total. The summed E-state index contributed by atoms with van der Waals surface area (Å²) in [6.07, 6.45) is 9.51. The normalized spacial score (nSPS) is 24.5. The van der Waals surface area contributed by atoms with Gasteiger partial charge in [-0.1, -0.05) is 6.92 Å². The van der Waals surface area contributed by atoms with Gasteiger partial charge in [0.15, 0.2) is 5.82 Å². The van der Waals surface area contributed by atoms with Gasteiger partial charge in [0.2, 0.25) is 11.9 Å². The lowest BCUT2D eigenvalue weighted by Gasteiger charge is -2.42. The Labute approximate surface area is 267 Å². The molecule has 45 heavy (non-hydrogen) atoms. The number of carbonyl (C=O) groups is 2. The van der Waals surface area contributed by atoms with Crippen molar-refractivity contribution in [2.45, 2.75) is 89.9 Å². The maximum absolute atomic E-state index is 13.3. The fourth-order valence-electron chi connectivity index (χ4n) is 7.32. The van der Waals surface area contributed by atoms with Gasteiger partial charge >= 0.3 is 0 Å². The first kappa shape index (κ1) is 31.5. The van der Waals surface area contributed by atoms with Crippen LogP contribution < -0.4 is 25.2 Å². The topological polar surface area (TPSA) is 106 Å². The Morgan fingerprint density at radius 2 is 1.80 bits per heavy atom. The van der Waals surface area contributed by atoms with E-state index in [4.69, 9.17) is 9.72 Å². The lowest BCUT2D eigenvalue weighted by molar-refractivity contribution is -0.120. The molecule has 1 saturated heterocycles. The molecule has 1 atom stereocenters. The van der Waals surface area contributed by atoms with Crippen LogP contribution in [0.1, 0.15) is 76.1 Å². The number of rotatable bonds is 10. The lowest BCUT2D eigenvalue weighted by Crippen LogP contribution is -2.54. The molecule has 2 aliphatic carbocycles. The summed E-state index contributed by atoms with van der Waals surface area (Å²) in [5, 5.41) is 6.55. The Bertz CT molecular complexity index is 1370. The van der Waals surface area contributed by atoms with Crippen molar-refractivity contribution in [1.29, 1.82) is 0 Å². The average molecular weight is 619 g/mol. The van der Waals surface area contributed by atoms with Gasteiger partial charge in [-0.25, -0.2) is 4.98 Å². The smallest absolute Gasteiger partial charge is 0.251 e. The molecule has 1 aromatic carbocycles. The number of hydrogen-bond acceptors (Lipinski definition) is 9. The molecular formula is C34H50N8O3. The molecule has 1 aromatic heterocycles. The van der Waals surface area contributed by atoms with Crippen molar-refractivity contribution in [3.63, 3.8) is 0 Å². The molecular weight excluding hydrogens is 568 g/mol. The maximum atomic E-state index is 13.3. The zero-order chi connectivity index (χ0) is 31.7. The fraction of sp³-hybridized carbons (Fsp3) is 0.647. The van der Waals surface area contributed by atoms with Gasteiger partial charge in [0.25, 0.3) is 5.91 Å². The van der Waals surface area contributed by atoms with E-state index >= 15 is 0 Å². The van der Waals surface area contributed by atoms with Crippen LogP contribution in [0.5, 0.6) is 5.75 Å². The minimum Gasteiger partial charge on any atom is -0.495 e. The summed E-state index contributed by atoms with van der Waals surface area (Å²) < 4.78 is 5.68. The Balaban J connectivity index is 1.06. The largest absolute Gasteiger partial charge is 0.495 e. The van der Waals surface area contributed by atoms with Gasteiger partial charge in [0.1, 0.15) is 17.5 Å². The van der Waals surface area contributed by atoms with Crippen LogP contribution in [0.4, 0.5) is 23.1 Å². The van der Waals surface area contributed by atoms with Crippen LogP contribution in [-0.4, -0.2) is 103 Å². The van der Waals surface area contributed by atoms with Gasteiger partial charge in [-0.15, -0.1) is 0 Å². The Hall–Kier alpha value is -3.44. The SMILES string of the molecule is CC[C@H]1C(=O)N(C)c2cnc(Nc3ccc(C(=O)NC4CCC(N5CCN(CC6CC6)CC5)CC4)cc3OC)nc2N1C(C)C. The first-order chi connectivity index (χ1) is 21.7.